The minimum absolute atomic E-state index is 0.0738. The van der Waals surface area contributed by atoms with Crippen LogP contribution in [0.3, 0.4) is 0 Å². The highest BCUT2D eigenvalue weighted by Gasteiger charge is 2.34. The Morgan fingerprint density at radius 2 is 1.69 bits per heavy atom. The SMILES string of the molecule is O=C(O)c1cn(C2CC2)c2cc(N3CCN(CN4C(=O)/C(=C\c5ccc6ccccc6n5)N=C4c4ccccc4)CC3)c(F)cc2c1=O. The van der Waals surface area contributed by atoms with E-state index < -0.39 is 17.2 Å². The molecule has 1 aliphatic carbocycles. The predicted octanol–water partition coefficient (Wildman–Crippen LogP) is 5.13. The van der Waals surface area contributed by atoms with Gasteiger partial charge in [-0.05, 0) is 43.2 Å². The maximum atomic E-state index is 15.6. The Morgan fingerprint density at radius 1 is 0.938 bits per heavy atom. The van der Waals surface area contributed by atoms with Gasteiger partial charge in [-0.2, -0.15) is 0 Å². The summed E-state index contributed by atoms with van der Waals surface area (Å²) in [6.45, 7) is 2.41. The number of amidine groups is 1. The zero-order valence-corrected chi connectivity index (χ0v) is 25.9. The first kappa shape index (κ1) is 29.7. The molecule has 2 aromatic heterocycles. The molecular formula is C37H31FN6O4. The van der Waals surface area contributed by atoms with Crippen molar-refractivity contribution in [2.45, 2.75) is 18.9 Å². The van der Waals surface area contributed by atoms with Crippen LogP contribution in [0.25, 0.3) is 27.9 Å². The number of aromatic carboxylic acids is 1. The number of aliphatic imine (C=N–C) groups is 1. The fourth-order valence-electron chi connectivity index (χ4n) is 6.53. The number of carboxylic acids is 1. The molecule has 3 aliphatic rings. The van der Waals surface area contributed by atoms with Crippen LogP contribution in [-0.2, 0) is 4.79 Å². The first-order valence-electron chi connectivity index (χ1n) is 16.0. The molecule has 0 unspecified atom stereocenters. The van der Waals surface area contributed by atoms with Crippen LogP contribution in [-0.4, -0.2) is 75.0 Å². The molecular weight excluding hydrogens is 611 g/mol. The van der Waals surface area contributed by atoms with E-state index in [4.69, 9.17) is 9.98 Å². The van der Waals surface area contributed by atoms with E-state index in [-0.39, 0.29) is 22.9 Å². The Balaban J connectivity index is 1.03. The summed E-state index contributed by atoms with van der Waals surface area (Å²) in [5.41, 5.74) is 2.49. The fraction of sp³-hybridized carbons (Fsp3) is 0.216. The first-order chi connectivity index (χ1) is 23.3. The monoisotopic (exact) mass is 642 g/mol. The number of benzene rings is 3. The number of hydrogen-bond donors (Lipinski definition) is 1. The van der Waals surface area contributed by atoms with Crippen molar-refractivity contribution in [1.29, 1.82) is 0 Å². The number of nitrogens with zero attached hydrogens (tertiary/aromatic N) is 6. The molecule has 0 bridgehead atoms. The molecule has 0 radical (unpaired) electrons. The van der Waals surface area contributed by atoms with E-state index in [9.17, 15) is 19.5 Å². The predicted molar refractivity (Wildman–Crippen MR) is 182 cm³/mol. The minimum atomic E-state index is -1.32. The number of halogens is 1. The molecule has 1 amide bonds. The highest BCUT2D eigenvalue weighted by atomic mass is 19.1. The second-order valence-corrected chi connectivity index (χ2v) is 12.4. The van der Waals surface area contributed by atoms with Gasteiger partial charge in [-0.1, -0.05) is 54.6 Å². The molecule has 0 spiro atoms. The molecule has 0 atom stereocenters. The quantitative estimate of drug-likeness (QED) is 0.245. The van der Waals surface area contributed by atoms with Crippen molar-refractivity contribution >= 4 is 51.3 Å². The van der Waals surface area contributed by atoms with E-state index in [1.54, 1.807) is 21.6 Å². The van der Waals surface area contributed by atoms with E-state index in [2.05, 4.69) is 4.90 Å². The minimum Gasteiger partial charge on any atom is -0.477 e. The number of aromatic nitrogens is 2. The largest absolute Gasteiger partial charge is 0.477 e. The van der Waals surface area contributed by atoms with Crippen molar-refractivity contribution in [3.05, 3.63) is 124 Å². The van der Waals surface area contributed by atoms with Gasteiger partial charge in [0.1, 0.15) is 22.9 Å². The van der Waals surface area contributed by atoms with Crippen LogP contribution in [0.5, 0.6) is 0 Å². The van der Waals surface area contributed by atoms with E-state index in [1.165, 1.54) is 12.3 Å². The number of pyridine rings is 2. The topological polar surface area (TPSA) is 111 Å². The van der Waals surface area contributed by atoms with E-state index in [0.29, 0.717) is 61.3 Å². The van der Waals surface area contributed by atoms with Crippen molar-refractivity contribution in [2.24, 2.45) is 4.99 Å². The first-order valence-corrected chi connectivity index (χ1v) is 16.0. The summed E-state index contributed by atoms with van der Waals surface area (Å²) in [7, 11) is 0. The number of fused-ring (bicyclic) bond motifs is 2. The highest BCUT2D eigenvalue weighted by Crippen LogP contribution is 2.38. The maximum Gasteiger partial charge on any atom is 0.341 e. The van der Waals surface area contributed by atoms with Gasteiger partial charge in [0, 0.05) is 54.8 Å². The average molecular weight is 643 g/mol. The standard InChI is InChI=1S/C37H31FN6O4/c38-29-19-27-32(43(26-12-13-26)21-28(34(27)45)37(47)48)20-33(29)42-16-14-41(15-17-42)22-44-35(24-7-2-1-3-8-24)40-31(36(44)46)18-25-11-10-23-6-4-5-9-30(23)39-25/h1-11,18-21,26H,12-17,22H2,(H,47,48)/b31-18+. The number of para-hydroxylation sites is 1. The smallest absolute Gasteiger partial charge is 0.341 e. The van der Waals surface area contributed by atoms with Gasteiger partial charge in [-0.15, -0.1) is 0 Å². The summed E-state index contributed by atoms with van der Waals surface area (Å²) in [5, 5.41) is 10.6. The van der Waals surface area contributed by atoms with Crippen molar-refractivity contribution in [2.75, 3.05) is 37.7 Å². The number of rotatable bonds is 7. The van der Waals surface area contributed by atoms with Crippen LogP contribution >= 0.6 is 0 Å². The zero-order valence-electron chi connectivity index (χ0n) is 25.9. The van der Waals surface area contributed by atoms with Crippen LogP contribution in [0.1, 0.15) is 40.5 Å². The molecule has 11 heteroatoms. The Hall–Kier alpha value is -5.68. The zero-order chi connectivity index (χ0) is 32.9. The Morgan fingerprint density at radius 3 is 2.44 bits per heavy atom. The van der Waals surface area contributed by atoms with Crippen LogP contribution in [0.4, 0.5) is 10.1 Å². The summed E-state index contributed by atoms with van der Waals surface area (Å²) >= 11 is 0. The normalized spacial score (nSPS) is 17.9. The highest BCUT2D eigenvalue weighted by molar-refractivity contribution is 6.19. The van der Waals surface area contributed by atoms with E-state index in [1.807, 2.05) is 71.6 Å². The fourth-order valence-corrected chi connectivity index (χ4v) is 6.53. The number of piperazine rings is 1. The number of hydrogen-bond acceptors (Lipinski definition) is 7. The molecule has 3 aromatic carbocycles. The summed E-state index contributed by atoms with van der Waals surface area (Å²) in [4.78, 5) is 53.7. The Bertz CT molecular complexity index is 2240. The number of amides is 1. The summed E-state index contributed by atoms with van der Waals surface area (Å²) in [6, 6.07) is 24.2. The molecule has 1 N–H and O–H groups in total. The second kappa shape index (κ2) is 11.8. The molecule has 1 saturated carbocycles. The molecule has 2 fully saturated rings. The maximum absolute atomic E-state index is 15.6. The third-order valence-corrected chi connectivity index (χ3v) is 9.21. The van der Waals surface area contributed by atoms with Crippen molar-refractivity contribution in [3.8, 4) is 0 Å². The number of anilines is 1. The van der Waals surface area contributed by atoms with Gasteiger partial charge in [0.05, 0.1) is 29.1 Å². The Labute approximate surface area is 274 Å². The van der Waals surface area contributed by atoms with Gasteiger partial charge >= 0.3 is 5.97 Å². The van der Waals surface area contributed by atoms with Gasteiger partial charge < -0.3 is 14.6 Å². The van der Waals surface area contributed by atoms with Gasteiger partial charge in [0.2, 0.25) is 5.43 Å². The second-order valence-electron chi connectivity index (χ2n) is 12.4. The van der Waals surface area contributed by atoms with Crippen LogP contribution < -0.4 is 10.3 Å². The van der Waals surface area contributed by atoms with Gasteiger partial charge in [-0.25, -0.2) is 19.2 Å². The van der Waals surface area contributed by atoms with Crippen LogP contribution in [0, 0.1) is 5.82 Å². The third kappa shape index (κ3) is 5.41. The van der Waals surface area contributed by atoms with E-state index in [0.717, 1.165) is 29.3 Å². The summed E-state index contributed by atoms with van der Waals surface area (Å²) in [6.07, 6.45) is 4.87. The summed E-state index contributed by atoms with van der Waals surface area (Å²) in [5.74, 6) is -1.54. The molecule has 8 rings (SSSR count). The van der Waals surface area contributed by atoms with Gasteiger partial charge in [0.25, 0.3) is 5.91 Å². The molecule has 4 heterocycles. The van der Waals surface area contributed by atoms with Gasteiger partial charge in [-0.3, -0.25) is 19.4 Å². The molecule has 5 aromatic rings. The number of carbonyl (C=O) groups excluding carboxylic acids is 1. The lowest BCUT2D eigenvalue weighted by atomic mass is 10.1. The lowest BCUT2D eigenvalue weighted by molar-refractivity contribution is -0.124. The molecule has 48 heavy (non-hydrogen) atoms. The lowest BCUT2D eigenvalue weighted by Crippen LogP contribution is -2.51. The van der Waals surface area contributed by atoms with E-state index >= 15 is 4.39 Å². The number of carbonyl (C=O) groups is 2. The molecule has 1 saturated heterocycles. The van der Waals surface area contributed by atoms with Crippen molar-refractivity contribution in [1.82, 2.24) is 19.4 Å². The summed E-state index contributed by atoms with van der Waals surface area (Å²) < 4.78 is 17.4. The molecule has 2 aliphatic heterocycles. The molecule has 240 valence electrons. The van der Waals surface area contributed by atoms with Crippen LogP contribution in [0.15, 0.2) is 101 Å². The van der Waals surface area contributed by atoms with Crippen molar-refractivity contribution in [3.63, 3.8) is 0 Å². The average Bonchev–Trinajstić information content (AvgIpc) is 3.91. The number of carboxylic acid groups (broad SMARTS) is 1. The van der Waals surface area contributed by atoms with Crippen LogP contribution in [0.2, 0.25) is 0 Å². The molecule has 10 nitrogen and oxygen atoms in total. The lowest BCUT2D eigenvalue weighted by Gasteiger charge is -2.38. The third-order valence-electron chi connectivity index (χ3n) is 9.21. The van der Waals surface area contributed by atoms with Crippen molar-refractivity contribution < 1.29 is 19.1 Å². The van der Waals surface area contributed by atoms with Gasteiger partial charge in [0.15, 0.2) is 0 Å². The Kier molecular flexibility index (Phi) is 7.33.